The molecule has 0 unspecified atom stereocenters. The van der Waals surface area contributed by atoms with Crippen molar-refractivity contribution in [3.05, 3.63) is 0 Å². The van der Waals surface area contributed by atoms with E-state index in [9.17, 15) is 19.1 Å². The van der Waals surface area contributed by atoms with Gasteiger partial charge in [-0.2, -0.15) is 0 Å². The Kier molecular flexibility index (Phi) is 6.91. The molecule has 4 rings (SSSR count). The Morgan fingerprint density at radius 1 is 1.05 bits per heavy atom. The van der Waals surface area contributed by atoms with Gasteiger partial charge in [-0.05, 0) is 56.3 Å². The van der Waals surface area contributed by atoms with Gasteiger partial charge in [0, 0.05) is 13.0 Å². The Morgan fingerprint density at radius 3 is 1.80 bits per heavy atom. The molecule has 5 nitrogen and oxygen atoms in total. The molecular formula is C12H17Na2O5P. The topological polar surface area (TPSA) is 89.5 Å². The van der Waals surface area contributed by atoms with Gasteiger partial charge in [0.2, 0.25) is 0 Å². The molecule has 0 spiro atoms. The van der Waals surface area contributed by atoms with E-state index in [2.05, 4.69) is 0 Å². The number of carbonyl (C=O) groups excluding carboxylic acids is 1. The SMILES string of the molecule is O=C(OCC12CC3CC(CC(C3)C1)C2)P(=O)([O-])[O-].[Na+].[Na+]. The van der Waals surface area contributed by atoms with Crippen LogP contribution in [-0.2, 0) is 9.30 Å². The van der Waals surface area contributed by atoms with Gasteiger partial charge < -0.3 is 19.1 Å². The van der Waals surface area contributed by atoms with Crippen LogP contribution in [0.15, 0.2) is 0 Å². The van der Waals surface area contributed by atoms with Crippen LogP contribution in [0.4, 0.5) is 4.79 Å². The number of hydrogen-bond acceptors (Lipinski definition) is 5. The molecule has 0 heterocycles. The average Bonchev–Trinajstić information content (AvgIpc) is 2.22. The molecule has 102 valence electrons. The van der Waals surface area contributed by atoms with E-state index in [1.165, 1.54) is 19.3 Å². The summed E-state index contributed by atoms with van der Waals surface area (Å²) in [5.74, 6) is 2.13. The van der Waals surface area contributed by atoms with Gasteiger partial charge in [-0.15, -0.1) is 0 Å². The van der Waals surface area contributed by atoms with Crippen molar-refractivity contribution in [1.82, 2.24) is 0 Å². The molecule has 4 fully saturated rings. The predicted octanol–water partition coefficient (Wildman–Crippen LogP) is -4.74. The molecule has 0 aliphatic heterocycles. The minimum atomic E-state index is -5.23. The zero-order chi connectivity index (χ0) is 13.0. The summed E-state index contributed by atoms with van der Waals surface area (Å²) >= 11 is 0. The van der Waals surface area contributed by atoms with Crippen LogP contribution >= 0.6 is 7.60 Å². The van der Waals surface area contributed by atoms with E-state index in [1.54, 1.807) is 0 Å². The Balaban J connectivity index is 0.000001000. The molecule has 4 saturated carbocycles. The van der Waals surface area contributed by atoms with Crippen LogP contribution in [0.3, 0.4) is 0 Å². The zero-order valence-corrected chi connectivity index (χ0v) is 17.1. The van der Waals surface area contributed by atoms with Crippen LogP contribution in [0.1, 0.15) is 38.5 Å². The summed E-state index contributed by atoms with van der Waals surface area (Å²) in [5.41, 5.74) is -1.63. The first kappa shape index (κ1) is 19.7. The van der Waals surface area contributed by atoms with E-state index in [1.807, 2.05) is 0 Å². The minimum Gasteiger partial charge on any atom is -0.803 e. The van der Waals surface area contributed by atoms with Gasteiger partial charge in [0.1, 0.15) is 0 Å². The Labute approximate surface area is 163 Å². The van der Waals surface area contributed by atoms with Crippen LogP contribution in [0.25, 0.3) is 0 Å². The van der Waals surface area contributed by atoms with Crippen LogP contribution < -0.4 is 68.9 Å². The maximum absolute atomic E-state index is 11.0. The van der Waals surface area contributed by atoms with Crippen LogP contribution in [0, 0.1) is 23.2 Å². The summed E-state index contributed by atoms with van der Waals surface area (Å²) in [6.45, 7) is 0.115. The molecule has 8 heteroatoms. The molecule has 4 aliphatic carbocycles. The Bertz CT molecular complexity index is 387. The van der Waals surface area contributed by atoms with Crippen molar-refractivity contribution in [3.63, 3.8) is 0 Å². The van der Waals surface area contributed by atoms with Gasteiger partial charge in [-0.1, -0.05) is 0 Å². The maximum Gasteiger partial charge on any atom is 1.00 e. The van der Waals surface area contributed by atoms with Crippen molar-refractivity contribution in [1.29, 1.82) is 0 Å². The van der Waals surface area contributed by atoms with Crippen LogP contribution in [0.2, 0.25) is 0 Å². The normalized spacial score (nSPS) is 37.8. The third-order valence-corrected chi connectivity index (χ3v) is 5.47. The molecule has 20 heavy (non-hydrogen) atoms. The molecule has 0 aromatic rings. The fourth-order valence-corrected chi connectivity index (χ4v) is 4.98. The molecule has 0 atom stereocenters. The maximum atomic E-state index is 11.0. The Morgan fingerprint density at radius 2 is 1.45 bits per heavy atom. The number of carbonyl (C=O) groups is 1. The first-order valence-corrected chi connectivity index (χ1v) is 8.10. The number of rotatable bonds is 3. The van der Waals surface area contributed by atoms with Gasteiger partial charge in [-0.25, -0.2) is 4.79 Å². The second-order valence-corrected chi connectivity index (χ2v) is 7.83. The van der Waals surface area contributed by atoms with Gasteiger partial charge in [0.05, 0.1) is 6.61 Å². The minimum absolute atomic E-state index is 0. The van der Waals surface area contributed by atoms with Gasteiger partial charge >= 0.3 is 64.8 Å². The van der Waals surface area contributed by atoms with E-state index >= 15 is 0 Å². The third-order valence-electron chi connectivity index (χ3n) is 4.89. The molecule has 4 bridgehead atoms. The summed E-state index contributed by atoms with van der Waals surface area (Å²) < 4.78 is 15.3. The molecule has 0 saturated heterocycles. The quantitative estimate of drug-likeness (QED) is 0.385. The summed E-state index contributed by atoms with van der Waals surface area (Å²) in [7, 11) is -5.23. The zero-order valence-electron chi connectivity index (χ0n) is 12.2. The molecule has 0 radical (unpaired) electrons. The van der Waals surface area contributed by atoms with Crippen molar-refractivity contribution in [2.24, 2.45) is 23.2 Å². The summed E-state index contributed by atoms with van der Waals surface area (Å²) in [4.78, 5) is 32.1. The Hall–Kier alpha value is 1.62. The largest absolute Gasteiger partial charge is 1.00 e. The smallest absolute Gasteiger partial charge is 0.803 e. The second kappa shape index (κ2) is 7.02. The van der Waals surface area contributed by atoms with Crippen molar-refractivity contribution in [2.75, 3.05) is 6.61 Å². The predicted molar refractivity (Wildman–Crippen MR) is 59.6 cm³/mol. The number of hydrogen-bond donors (Lipinski definition) is 0. The average molecular weight is 318 g/mol. The summed E-state index contributed by atoms with van der Waals surface area (Å²) in [5, 5.41) is 0. The van der Waals surface area contributed by atoms with E-state index in [4.69, 9.17) is 4.74 Å². The van der Waals surface area contributed by atoms with Gasteiger partial charge in [0.25, 0.3) is 0 Å². The molecule has 4 aliphatic rings. The van der Waals surface area contributed by atoms with Crippen LogP contribution in [0.5, 0.6) is 0 Å². The van der Waals surface area contributed by atoms with Crippen molar-refractivity contribution < 1.29 is 83.0 Å². The van der Waals surface area contributed by atoms with Gasteiger partial charge in [0.15, 0.2) is 0 Å². The fourth-order valence-electron chi connectivity index (χ4n) is 4.76. The van der Waals surface area contributed by atoms with Gasteiger partial charge in [-0.3, -0.25) is 0 Å². The molecule has 0 N–H and O–H groups in total. The fraction of sp³-hybridized carbons (Fsp3) is 0.917. The first-order valence-electron chi connectivity index (χ1n) is 6.56. The standard InChI is InChI=1S/C12H19O5P.2Na/c13-11(18(14,15)16)17-7-12-4-8-1-9(5-12)3-10(2-8)6-12;;/h8-10H,1-7H2,(H2,14,15,16);;/q;2*+1/p-2. The molecule has 0 amide bonds. The van der Waals surface area contributed by atoms with E-state index < -0.39 is 13.3 Å². The second-order valence-electron chi connectivity index (χ2n) is 6.47. The third kappa shape index (κ3) is 4.12. The molecule has 0 aromatic heterocycles. The van der Waals surface area contributed by atoms with Crippen LogP contribution in [-0.4, -0.2) is 12.3 Å². The van der Waals surface area contributed by atoms with E-state index in [0.29, 0.717) is 17.8 Å². The first-order chi connectivity index (χ1) is 8.36. The van der Waals surface area contributed by atoms with Crippen molar-refractivity contribution >= 4 is 13.3 Å². The van der Waals surface area contributed by atoms with Crippen molar-refractivity contribution in [2.45, 2.75) is 38.5 Å². The van der Waals surface area contributed by atoms with E-state index in [-0.39, 0.29) is 71.1 Å². The number of ether oxygens (including phenoxy) is 1. The van der Waals surface area contributed by atoms with E-state index in [0.717, 1.165) is 19.3 Å². The van der Waals surface area contributed by atoms with Crippen molar-refractivity contribution in [3.8, 4) is 0 Å². The molecule has 0 aromatic carbocycles. The summed E-state index contributed by atoms with van der Waals surface area (Å²) in [6.07, 6.45) is 6.88. The summed E-state index contributed by atoms with van der Waals surface area (Å²) in [6, 6.07) is 0. The monoisotopic (exact) mass is 318 g/mol. The molecular weight excluding hydrogens is 301 g/mol.